The van der Waals surface area contributed by atoms with Crippen molar-refractivity contribution in [3.63, 3.8) is 0 Å². The fraction of sp³-hybridized carbons (Fsp3) is 0.818. The van der Waals surface area contributed by atoms with E-state index in [-0.39, 0.29) is 0 Å². The predicted octanol–water partition coefficient (Wildman–Crippen LogP) is 2.36. The summed E-state index contributed by atoms with van der Waals surface area (Å²) in [4.78, 5) is 0. The van der Waals surface area contributed by atoms with Gasteiger partial charge in [0, 0.05) is 6.04 Å². The Balaban J connectivity index is 2.39. The third kappa shape index (κ3) is 3.49. The number of nitrogens with two attached hydrogens (primary N) is 1. The molecule has 76 valence electrons. The molecule has 1 atom stereocenters. The lowest BCUT2D eigenvalue weighted by Crippen LogP contribution is -2.40. The SMILES string of the molecule is C=CCC(NN)C1CCCCCC1. The van der Waals surface area contributed by atoms with Crippen molar-refractivity contribution in [1.82, 2.24) is 5.43 Å². The van der Waals surface area contributed by atoms with Gasteiger partial charge in [-0.2, -0.15) is 0 Å². The maximum absolute atomic E-state index is 5.54. The number of rotatable bonds is 4. The molecule has 0 amide bonds. The summed E-state index contributed by atoms with van der Waals surface area (Å²) in [7, 11) is 0. The van der Waals surface area contributed by atoms with Gasteiger partial charge in [0.2, 0.25) is 0 Å². The molecular formula is C11H22N2. The van der Waals surface area contributed by atoms with E-state index in [0.717, 1.165) is 12.3 Å². The minimum absolute atomic E-state index is 0.454. The second-order valence-corrected chi connectivity index (χ2v) is 4.05. The van der Waals surface area contributed by atoms with E-state index >= 15 is 0 Å². The molecule has 2 heteroatoms. The molecule has 0 saturated heterocycles. The molecule has 0 radical (unpaired) electrons. The summed E-state index contributed by atoms with van der Waals surface area (Å²) >= 11 is 0. The van der Waals surface area contributed by atoms with Gasteiger partial charge in [-0.1, -0.05) is 31.8 Å². The van der Waals surface area contributed by atoms with Gasteiger partial charge in [-0.3, -0.25) is 11.3 Å². The van der Waals surface area contributed by atoms with Gasteiger partial charge in [-0.25, -0.2) is 0 Å². The average Bonchev–Trinajstić information content (AvgIpc) is 2.42. The van der Waals surface area contributed by atoms with Crippen molar-refractivity contribution in [3.8, 4) is 0 Å². The summed E-state index contributed by atoms with van der Waals surface area (Å²) in [6, 6.07) is 0.454. The van der Waals surface area contributed by atoms with Gasteiger partial charge in [0.15, 0.2) is 0 Å². The van der Waals surface area contributed by atoms with Crippen LogP contribution in [0.25, 0.3) is 0 Å². The molecule has 2 nitrogen and oxygen atoms in total. The fourth-order valence-corrected chi connectivity index (χ4v) is 2.29. The zero-order valence-electron chi connectivity index (χ0n) is 8.47. The van der Waals surface area contributed by atoms with Gasteiger partial charge < -0.3 is 0 Å². The zero-order valence-corrected chi connectivity index (χ0v) is 8.47. The smallest absolute Gasteiger partial charge is 0.0273 e. The van der Waals surface area contributed by atoms with Gasteiger partial charge >= 0.3 is 0 Å². The first-order chi connectivity index (χ1) is 6.38. The van der Waals surface area contributed by atoms with Crippen molar-refractivity contribution in [2.75, 3.05) is 0 Å². The van der Waals surface area contributed by atoms with Crippen molar-refractivity contribution in [2.45, 2.75) is 51.0 Å². The van der Waals surface area contributed by atoms with Crippen LogP contribution >= 0.6 is 0 Å². The fourth-order valence-electron chi connectivity index (χ4n) is 2.29. The maximum Gasteiger partial charge on any atom is 0.0273 e. The Morgan fingerprint density at radius 1 is 1.31 bits per heavy atom. The third-order valence-electron chi connectivity index (χ3n) is 3.10. The highest BCUT2D eigenvalue weighted by Gasteiger charge is 2.20. The van der Waals surface area contributed by atoms with E-state index in [0.29, 0.717) is 6.04 Å². The Morgan fingerprint density at radius 2 is 1.92 bits per heavy atom. The summed E-state index contributed by atoms with van der Waals surface area (Å²) in [6.07, 6.45) is 11.2. The van der Waals surface area contributed by atoms with Crippen LogP contribution in [-0.4, -0.2) is 6.04 Å². The van der Waals surface area contributed by atoms with E-state index in [1.165, 1.54) is 38.5 Å². The molecule has 0 aromatic heterocycles. The Bertz CT molecular complexity index is 137. The standard InChI is InChI=1S/C11H22N2/c1-2-7-11(13-12)10-8-5-3-4-6-9-10/h2,10-11,13H,1,3-9,12H2. The topological polar surface area (TPSA) is 38.0 Å². The van der Waals surface area contributed by atoms with Gasteiger partial charge in [0.05, 0.1) is 0 Å². The van der Waals surface area contributed by atoms with E-state index < -0.39 is 0 Å². The highest BCUT2D eigenvalue weighted by Crippen LogP contribution is 2.26. The van der Waals surface area contributed by atoms with E-state index in [1.807, 2.05) is 6.08 Å². The van der Waals surface area contributed by atoms with E-state index in [1.54, 1.807) is 0 Å². The summed E-state index contributed by atoms with van der Waals surface area (Å²) in [5.74, 6) is 6.31. The lowest BCUT2D eigenvalue weighted by Gasteiger charge is -2.24. The molecular weight excluding hydrogens is 160 g/mol. The lowest BCUT2D eigenvalue weighted by atomic mass is 9.90. The Morgan fingerprint density at radius 3 is 2.38 bits per heavy atom. The minimum Gasteiger partial charge on any atom is -0.271 e. The maximum atomic E-state index is 5.54. The van der Waals surface area contributed by atoms with Gasteiger partial charge in [-0.15, -0.1) is 6.58 Å². The first kappa shape index (κ1) is 10.7. The first-order valence-electron chi connectivity index (χ1n) is 5.45. The monoisotopic (exact) mass is 182 g/mol. The molecule has 0 aliphatic heterocycles. The molecule has 13 heavy (non-hydrogen) atoms. The van der Waals surface area contributed by atoms with Crippen LogP contribution in [0.4, 0.5) is 0 Å². The largest absolute Gasteiger partial charge is 0.271 e. The molecule has 0 aromatic rings. The molecule has 1 saturated carbocycles. The second-order valence-electron chi connectivity index (χ2n) is 4.05. The number of nitrogens with one attached hydrogen (secondary N) is 1. The molecule has 0 spiro atoms. The molecule has 1 aliphatic carbocycles. The summed E-state index contributed by atoms with van der Waals surface area (Å²) < 4.78 is 0. The van der Waals surface area contributed by atoms with Crippen molar-refractivity contribution < 1.29 is 0 Å². The van der Waals surface area contributed by atoms with Crippen LogP contribution in [0.5, 0.6) is 0 Å². The normalized spacial score (nSPS) is 22.2. The van der Waals surface area contributed by atoms with Crippen LogP contribution in [0.1, 0.15) is 44.9 Å². The van der Waals surface area contributed by atoms with Gasteiger partial charge in [0.1, 0.15) is 0 Å². The van der Waals surface area contributed by atoms with Crippen LogP contribution in [0, 0.1) is 5.92 Å². The van der Waals surface area contributed by atoms with E-state index in [2.05, 4.69) is 12.0 Å². The second kappa shape index (κ2) is 6.17. The Kier molecular flexibility index (Phi) is 5.09. The molecule has 1 aliphatic rings. The van der Waals surface area contributed by atoms with Gasteiger partial charge in [0.25, 0.3) is 0 Å². The van der Waals surface area contributed by atoms with Crippen LogP contribution < -0.4 is 11.3 Å². The highest BCUT2D eigenvalue weighted by atomic mass is 15.2. The van der Waals surface area contributed by atoms with Gasteiger partial charge in [-0.05, 0) is 25.2 Å². The molecule has 0 heterocycles. The summed E-state index contributed by atoms with van der Waals surface area (Å²) in [5, 5.41) is 0. The van der Waals surface area contributed by atoms with Crippen LogP contribution in [0.3, 0.4) is 0 Å². The number of hydrazine groups is 1. The van der Waals surface area contributed by atoms with Crippen molar-refractivity contribution in [1.29, 1.82) is 0 Å². The third-order valence-corrected chi connectivity index (χ3v) is 3.10. The van der Waals surface area contributed by atoms with Crippen LogP contribution in [-0.2, 0) is 0 Å². The predicted molar refractivity (Wildman–Crippen MR) is 57.1 cm³/mol. The van der Waals surface area contributed by atoms with E-state index in [9.17, 15) is 0 Å². The average molecular weight is 182 g/mol. The van der Waals surface area contributed by atoms with Crippen LogP contribution in [0.2, 0.25) is 0 Å². The zero-order chi connectivity index (χ0) is 9.52. The summed E-state index contributed by atoms with van der Waals surface area (Å²) in [6.45, 7) is 3.77. The molecule has 0 bridgehead atoms. The highest BCUT2D eigenvalue weighted by molar-refractivity contribution is 4.83. The number of hydrogen-bond acceptors (Lipinski definition) is 2. The molecule has 1 fully saturated rings. The van der Waals surface area contributed by atoms with E-state index in [4.69, 9.17) is 5.84 Å². The van der Waals surface area contributed by atoms with Crippen LogP contribution in [0.15, 0.2) is 12.7 Å². The Labute approximate surface area is 81.6 Å². The Hall–Kier alpha value is -0.340. The molecule has 0 aromatic carbocycles. The van der Waals surface area contributed by atoms with Crippen molar-refractivity contribution in [2.24, 2.45) is 11.8 Å². The molecule has 3 N–H and O–H groups in total. The quantitative estimate of drug-likeness (QED) is 0.303. The first-order valence-corrected chi connectivity index (χ1v) is 5.45. The minimum atomic E-state index is 0.454. The lowest BCUT2D eigenvalue weighted by molar-refractivity contribution is 0.324. The van der Waals surface area contributed by atoms with Crippen molar-refractivity contribution >= 4 is 0 Å². The molecule has 1 rings (SSSR count). The number of hydrogen-bond donors (Lipinski definition) is 2. The summed E-state index contributed by atoms with van der Waals surface area (Å²) in [5.41, 5.74) is 2.93. The van der Waals surface area contributed by atoms with Crippen molar-refractivity contribution in [3.05, 3.63) is 12.7 Å². The molecule has 1 unspecified atom stereocenters.